The van der Waals surface area contributed by atoms with Crippen molar-refractivity contribution in [3.63, 3.8) is 0 Å². The fraction of sp³-hybridized carbons (Fsp3) is 0. The second-order valence-corrected chi connectivity index (χ2v) is 3.99. The zero-order valence-electron chi connectivity index (χ0n) is 9.95. The molecule has 3 rings (SSSR count). The molecule has 1 aromatic carbocycles. The van der Waals surface area contributed by atoms with Gasteiger partial charge in [-0.05, 0) is 24.3 Å². The first-order chi connectivity index (χ1) is 9.25. The summed E-state index contributed by atoms with van der Waals surface area (Å²) >= 11 is 0. The second kappa shape index (κ2) is 4.41. The van der Waals surface area contributed by atoms with Gasteiger partial charge in [0.05, 0.1) is 5.56 Å². The number of para-hydroxylation sites is 1. The van der Waals surface area contributed by atoms with Crippen LogP contribution < -0.4 is 11.1 Å². The van der Waals surface area contributed by atoms with Crippen LogP contribution in [0.4, 0.5) is 11.6 Å². The summed E-state index contributed by atoms with van der Waals surface area (Å²) < 4.78 is 1.69. The van der Waals surface area contributed by atoms with Crippen LogP contribution >= 0.6 is 0 Å². The SMILES string of the molecule is Nc1ccccc1C(=O)Nc1nnc2ccccn12. The van der Waals surface area contributed by atoms with Crippen molar-refractivity contribution in [2.45, 2.75) is 0 Å². The van der Waals surface area contributed by atoms with Crippen LogP contribution in [0.2, 0.25) is 0 Å². The zero-order valence-corrected chi connectivity index (χ0v) is 9.95. The van der Waals surface area contributed by atoms with E-state index in [1.807, 2.05) is 12.1 Å². The first kappa shape index (κ1) is 11.2. The third-order valence-corrected chi connectivity index (χ3v) is 2.74. The van der Waals surface area contributed by atoms with Crippen molar-refractivity contribution in [2.24, 2.45) is 0 Å². The van der Waals surface area contributed by atoms with Crippen molar-refractivity contribution in [3.05, 3.63) is 54.2 Å². The van der Waals surface area contributed by atoms with Gasteiger partial charge in [-0.3, -0.25) is 14.5 Å². The zero-order chi connectivity index (χ0) is 13.2. The summed E-state index contributed by atoms with van der Waals surface area (Å²) in [6, 6.07) is 12.4. The van der Waals surface area contributed by atoms with Crippen molar-refractivity contribution in [1.29, 1.82) is 0 Å². The molecule has 2 heterocycles. The third-order valence-electron chi connectivity index (χ3n) is 2.74. The summed E-state index contributed by atoms with van der Waals surface area (Å²) in [6.07, 6.45) is 1.78. The minimum Gasteiger partial charge on any atom is -0.398 e. The molecule has 0 aliphatic carbocycles. The largest absolute Gasteiger partial charge is 0.398 e. The highest BCUT2D eigenvalue weighted by molar-refractivity contribution is 6.07. The van der Waals surface area contributed by atoms with Crippen LogP contribution in [0.15, 0.2) is 48.7 Å². The summed E-state index contributed by atoms with van der Waals surface area (Å²) in [6.45, 7) is 0. The number of hydrogen-bond donors (Lipinski definition) is 2. The predicted molar refractivity (Wildman–Crippen MR) is 71.8 cm³/mol. The molecule has 0 spiro atoms. The molecule has 0 saturated carbocycles. The lowest BCUT2D eigenvalue weighted by Gasteiger charge is -2.05. The van der Waals surface area contributed by atoms with Crippen molar-refractivity contribution >= 4 is 23.2 Å². The Morgan fingerprint density at radius 3 is 2.74 bits per heavy atom. The number of hydrogen-bond acceptors (Lipinski definition) is 4. The fourth-order valence-corrected chi connectivity index (χ4v) is 1.80. The van der Waals surface area contributed by atoms with Crippen molar-refractivity contribution < 1.29 is 4.79 Å². The lowest BCUT2D eigenvalue weighted by atomic mass is 10.2. The monoisotopic (exact) mass is 253 g/mol. The topological polar surface area (TPSA) is 85.3 Å². The number of benzene rings is 1. The smallest absolute Gasteiger partial charge is 0.260 e. The van der Waals surface area contributed by atoms with Crippen LogP contribution in [0, 0.1) is 0 Å². The summed E-state index contributed by atoms with van der Waals surface area (Å²) in [4.78, 5) is 12.1. The quantitative estimate of drug-likeness (QED) is 0.679. The van der Waals surface area contributed by atoms with Gasteiger partial charge < -0.3 is 5.73 Å². The number of amides is 1. The van der Waals surface area contributed by atoms with Gasteiger partial charge in [0.15, 0.2) is 5.65 Å². The van der Waals surface area contributed by atoms with Crippen LogP contribution in [0.25, 0.3) is 5.65 Å². The minimum atomic E-state index is -0.309. The molecule has 3 aromatic rings. The van der Waals surface area contributed by atoms with E-state index in [0.29, 0.717) is 22.8 Å². The molecule has 94 valence electrons. The van der Waals surface area contributed by atoms with Crippen molar-refractivity contribution in [2.75, 3.05) is 11.1 Å². The van der Waals surface area contributed by atoms with Crippen LogP contribution in [0.1, 0.15) is 10.4 Å². The van der Waals surface area contributed by atoms with Gasteiger partial charge in [0.25, 0.3) is 5.91 Å². The number of pyridine rings is 1. The standard InChI is InChI=1S/C13H11N5O/c14-10-6-2-1-5-9(10)12(19)15-13-17-16-11-7-3-4-8-18(11)13/h1-8H,14H2,(H,15,17,19). The minimum absolute atomic E-state index is 0.309. The molecule has 0 bridgehead atoms. The van der Waals surface area contributed by atoms with Crippen LogP contribution in [0.5, 0.6) is 0 Å². The van der Waals surface area contributed by atoms with Gasteiger partial charge in [-0.1, -0.05) is 18.2 Å². The second-order valence-electron chi connectivity index (χ2n) is 3.99. The molecule has 0 radical (unpaired) electrons. The van der Waals surface area contributed by atoms with Crippen LogP contribution in [0.3, 0.4) is 0 Å². The highest BCUT2D eigenvalue weighted by atomic mass is 16.1. The van der Waals surface area contributed by atoms with Gasteiger partial charge in [0.2, 0.25) is 5.95 Å². The van der Waals surface area contributed by atoms with Gasteiger partial charge in [0.1, 0.15) is 0 Å². The molecule has 6 heteroatoms. The van der Waals surface area contributed by atoms with E-state index in [1.165, 1.54) is 0 Å². The molecule has 3 N–H and O–H groups in total. The maximum Gasteiger partial charge on any atom is 0.260 e. The van der Waals surface area contributed by atoms with Crippen LogP contribution in [-0.2, 0) is 0 Å². The van der Waals surface area contributed by atoms with E-state index >= 15 is 0 Å². The third kappa shape index (κ3) is 1.99. The van der Waals surface area contributed by atoms with E-state index in [-0.39, 0.29) is 5.91 Å². The predicted octanol–water partition coefficient (Wildman–Crippen LogP) is 1.56. The summed E-state index contributed by atoms with van der Waals surface area (Å²) in [5, 5.41) is 10.6. The maximum atomic E-state index is 12.1. The van der Waals surface area contributed by atoms with E-state index in [9.17, 15) is 4.79 Å². The van der Waals surface area contributed by atoms with E-state index in [1.54, 1.807) is 40.9 Å². The molecule has 0 atom stereocenters. The Bertz CT molecular complexity index is 749. The molecular weight excluding hydrogens is 242 g/mol. The average molecular weight is 253 g/mol. The van der Waals surface area contributed by atoms with Gasteiger partial charge >= 0.3 is 0 Å². The van der Waals surface area contributed by atoms with Crippen molar-refractivity contribution in [1.82, 2.24) is 14.6 Å². The van der Waals surface area contributed by atoms with E-state index < -0.39 is 0 Å². The lowest BCUT2D eigenvalue weighted by molar-refractivity contribution is 0.102. The van der Waals surface area contributed by atoms with E-state index in [2.05, 4.69) is 15.5 Å². The lowest BCUT2D eigenvalue weighted by Crippen LogP contribution is -2.15. The Morgan fingerprint density at radius 2 is 1.89 bits per heavy atom. The number of rotatable bonds is 2. The molecule has 1 amide bonds. The number of aromatic nitrogens is 3. The van der Waals surface area contributed by atoms with Gasteiger partial charge in [-0.25, -0.2) is 0 Å². The molecule has 0 unspecified atom stereocenters. The molecule has 0 aliphatic heterocycles. The summed E-state index contributed by atoms with van der Waals surface area (Å²) in [5.41, 5.74) is 7.26. The molecular formula is C13H11N5O. The Balaban J connectivity index is 1.94. The Labute approximate surface area is 108 Å². The fourth-order valence-electron chi connectivity index (χ4n) is 1.80. The number of carbonyl (C=O) groups is 1. The number of nitrogens with zero attached hydrogens (tertiary/aromatic N) is 3. The van der Waals surface area contributed by atoms with Crippen molar-refractivity contribution in [3.8, 4) is 0 Å². The number of nitrogens with two attached hydrogens (primary N) is 1. The number of nitrogens with one attached hydrogen (secondary N) is 1. The molecule has 19 heavy (non-hydrogen) atoms. The van der Waals surface area contributed by atoms with E-state index in [0.717, 1.165) is 0 Å². The van der Waals surface area contributed by atoms with E-state index in [4.69, 9.17) is 5.73 Å². The summed E-state index contributed by atoms with van der Waals surface area (Å²) in [7, 11) is 0. The van der Waals surface area contributed by atoms with Gasteiger partial charge in [0, 0.05) is 11.9 Å². The normalized spacial score (nSPS) is 10.5. The number of carbonyl (C=O) groups excluding carboxylic acids is 1. The first-order valence-electron chi connectivity index (χ1n) is 5.71. The number of fused-ring (bicyclic) bond motifs is 1. The van der Waals surface area contributed by atoms with Crippen LogP contribution in [-0.4, -0.2) is 20.5 Å². The summed E-state index contributed by atoms with van der Waals surface area (Å²) in [5.74, 6) is 0.0557. The molecule has 0 fully saturated rings. The van der Waals surface area contributed by atoms with Gasteiger partial charge in [-0.2, -0.15) is 0 Å². The average Bonchev–Trinajstić information content (AvgIpc) is 2.83. The first-order valence-corrected chi connectivity index (χ1v) is 5.71. The molecule has 6 nitrogen and oxygen atoms in total. The Hall–Kier alpha value is -2.89. The Morgan fingerprint density at radius 1 is 1.11 bits per heavy atom. The molecule has 0 aliphatic rings. The number of anilines is 2. The maximum absolute atomic E-state index is 12.1. The molecule has 0 saturated heterocycles. The number of nitrogen functional groups attached to an aromatic ring is 1. The molecule has 2 aromatic heterocycles. The Kier molecular flexibility index (Phi) is 2.60. The highest BCUT2D eigenvalue weighted by Gasteiger charge is 2.12. The van der Waals surface area contributed by atoms with Gasteiger partial charge in [-0.15, -0.1) is 10.2 Å². The highest BCUT2D eigenvalue weighted by Crippen LogP contribution is 2.13.